The molecule has 0 bridgehead atoms. The van der Waals surface area contributed by atoms with Crippen LogP contribution in [0, 0.1) is 6.92 Å². The number of hydrogen-bond acceptors (Lipinski definition) is 8. The number of carbonyl (C=O) groups excluding carboxylic acids is 1. The molecule has 2 N–H and O–H groups in total. The van der Waals surface area contributed by atoms with Crippen LogP contribution in [0.25, 0.3) is 11.5 Å². The second-order valence-corrected chi connectivity index (χ2v) is 7.15. The zero-order valence-electron chi connectivity index (χ0n) is 13.6. The fraction of sp³-hybridized carbons (Fsp3) is 0.0588. The normalized spacial score (nSPS) is 10.7. The molecule has 0 atom stereocenters. The average molecular weight is 383 g/mol. The maximum absolute atomic E-state index is 12.1. The van der Waals surface area contributed by atoms with Crippen LogP contribution in [0.3, 0.4) is 0 Å². The minimum Gasteiger partial charge on any atom is -0.354 e. The lowest BCUT2D eigenvalue weighted by atomic mass is 10.2. The molecule has 0 spiro atoms. The number of amides is 1. The molecule has 0 aliphatic heterocycles. The number of rotatable bonds is 5. The molecule has 4 rings (SSSR count). The zero-order chi connectivity index (χ0) is 17.9. The van der Waals surface area contributed by atoms with Gasteiger partial charge in [-0.25, -0.2) is 9.97 Å². The predicted octanol–water partition coefficient (Wildman–Crippen LogP) is 4.56. The Hall–Kier alpha value is -3.04. The summed E-state index contributed by atoms with van der Waals surface area (Å²) in [7, 11) is 0. The van der Waals surface area contributed by atoms with Gasteiger partial charge < -0.3 is 9.84 Å². The van der Waals surface area contributed by atoms with Gasteiger partial charge in [-0.3, -0.25) is 10.1 Å². The van der Waals surface area contributed by atoms with Gasteiger partial charge in [-0.1, -0.05) is 22.9 Å². The molecule has 0 fully saturated rings. The molecule has 0 aliphatic carbocycles. The molecule has 0 saturated carbocycles. The van der Waals surface area contributed by atoms with E-state index in [1.165, 1.54) is 28.2 Å². The fourth-order valence-corrected chi connectivity index (χ4v) is 3.40. The van der Waals surface area contributed by atoms with Gasteiger partial charge in [0.05, 0.1) is 0 Å². The number of hydrogen-bond donors (Lipinski definition) is 2. The Morgan fingerprint density at radius 2 is 2.00 bits per heavy atom. The Bertz CT molecular complexity index is 1020. The quantitative estimate of drug-likeness (QED) is 0.525. The average Bonchev–Trinajstić information content (AvgIpc) is 3.37. The Morgan fingerprint density at radius 3 is 2.77 bits per heavy atom. The summed E-state index contributed by atoms with van der Waals surface area (Å²) in [6, 6.07) is 9.60. The zero-order valence-corrected chi connectivity index (χ0v) is 15.2. The van der Waals surface area contributed by atoms with Gasteiger partial charge >= 0.3 is 0 Å². The second-order valence-electron chi connectivity index (χ2n) is 5.40. The van der Waals surface area contributed by atoms with Crippen molar-refractivity contribution in [3.05, 3.63) is 58.5 Å². The molecule has 1 amide bonds. The van der Waals surface area contributed by atoms with Crippen LogP contribution in [0.4, 0.5) is 16.0 Å². The number of thiazole rings is 2. The van der Waals surface area contributed by atoms with Crippen molar-refractivity contribution in [3.63, 3.8) is 0 Å². The molecule has 0 aliphatic rings. The van der Waals surface area contributed by atoms with Crippen LogP contribution in [-0.2, 0) is 0 Å². The van der Waals surface area contributed by atoms with Crippen LogP contribution in [0.5, 0.6) is 0 Å². The van der Waals surface area contributed by atoms with Crippen molar-refractivity contribution >= 4 is 44.5 Å². The Labute approximate surface area is 156 Å². The van der Waals surface area contributed by atoms with E-state index in [0.717, 1.165) is 10.8 Å². The van der Waals surface area contributed by atoms with E-state index in [1.54, 1.807) is 17.6 Å². The predicted molar refractivity (Wildman–Crippen MR) is 102 cm³/mol. The molecule has 26 heavy (non-hydrogen) atoms. The van der Waals surface area contributed by atoms with E-state index < -0.39 is 0 Å². The molecule has 0 unspecified atom stereocenters. The molecular weight excluding hydrogens is 370 g/mol. The highest BCUT2D eigenvalue weighted by atomic mass is 32.1. The van der Waals surface area contributed by atoms with Crippen LogP contribution < -0.4 is 10.6 Å². The lowest BCUT2D eigenvalue weighted by Crippen LogP contribution is -2.11. The maximum Gasteiger partial charge on any atom is 0.279 e. The van der Waals surface area contributed by atoms with Gasteiger partial charge in [0.25, 0.3) is 5.91 Å². The first-order valence-corrected chi connectivity index (χ1v) is 9.40. The fourth-order valence-electron chi connectivity index (χ4n) is 2.15. The SMILES string of the molecule is Cc1ccc(Nc2nc(-c3cc(C(=O)Nc4nccs4)no3)cs2)cc1. The van der Waals surface area contributed by atoms with Crippen molar-refractivity contribution in [2.24, 2.45) is 0 Å². The highest BCUT2D eigenvalue weighted by Gasteiger charge is 2.16. The van der Waals surface area contributed by atoms with Crippen LogP contribution in [0.1, 0.15) is 16.1 Å². The molecule has 1 aromatic carbocycles. The van der Waals surface area contributed by atoms with Gasteiger partial charge in [-0.2, -0.15) is 0 Å². The second kappa shape index (κ2) is 7.06. The molecule has 9 heteroatoms. The van der Waals surface area contributed by atoms with Crippen molar-refractivity contribution in [3.8, 4) is 11.5 Å². The third kappa shape index (κ3) is 3.63. The van der Waals surface area contributed by atoms with Gasteiger partial charge in [-0.15, -0.1) is 22.7 Å². The van der Waals surface area contributed by atoms with Crippen LogP contribution in [0.2, 0.25) is 0 Å². The first kappa shape index (κ1) is 16.4. The van der Waals surface area contributed by atoms with Crippen molar-refractivity contribution in [2.75, 3.05) is 10.6 Å². The number of carbonyl (C=O) groups is 1. The van der Waals surface area contributed by atoms with Crippen LogP contribution in [-0.4, -0.2) is 21.0 Å². The Morgan fingerprint density at radius 1 is 1.15 bits per heavy atom. The number of nitrogens with one attached hydrogen (secondary N) is 2. The molecule has 7 nitrogen and oxygen atoms in total. The van der Waals surface area contributed by atoms with Crippen molar-refractivity contribution in [1.82, 2.24) is 15.1 Å². The number of benzene rings is 1. The molecule has 0 radical (unpaired) electrons. The van der Waals surface area contributed by atoms with Gasteiger partial charge in [0, 0.05) is 28.7 Å². The molecule has 4 aromatic rings. The monoisotopic (exact) mass is 383 g/mol. The molecular formula is C17H13N5O2S2. The third-order valence-corrected chi connectivity index (χ3v) is 4.90. The molecule has 130 valence electrons. The van der Waals surface area contributed by atoms with Crippen molar-refractivity contribution in [2.45, 2.75) is 6.92 Å². The minimum absolute atomic E-state index is 0.177. The summed E-state index contributed by atoms with van der Waals surface area (Å²) < 4.78 is 5.26. The van der Waals surface area contributed by atoms with E-state index >= 15 is 0 Å². The van der Waals surface area contributed by atoms with Crippen LogP contribution >= 0.6 is 22.7 Å². The van der Waals surface area contributed by atoms with E-state index in [0.29, 0.717) is 16.6 Å². The van der Waals surface area contributed by atoms with Crippen LogP contribution in [0.15, 0.2) is 51.8 Å². The summed E-state index contributed by atoms with van der Waals surface area (Å²) in [5.74, 6) is 0.0608. The van der Waals surface area contributed by atoms with E-state index in [2.05, 4.69) is 25.8 Å². The highest BCUT2D eigenvalue weighted by Crippen LogP contribution is 2.28. The smallest absolute Gasteiger partial charge is 0.279 e. The van der Waals surface area contributed by atoms with E-state index in [1.807, 2.05) is 36.6 Å². The summed E-state index contributed by atoms with van der Waals surface area (Å²) in [5, 5.41) is 14.6. The van der Waals surface area contributed by atoms with E-state index in [4.69, 9.17) is 4.52 Å². The Kier molecular flexibility index (Phi) is 4.46. The lowest BCUT2D eigenvalue weighted by molar-refractivity contribution is 0.101. The summed E-state index contributed by atoms with van der Waals surface area (Å²) in [6.45, 7) is 2.04. The largest absolute Gasteiger partial charge is 0.354 e. The Balaban J connectivity index is 1.47. The summed E-state index contributed by atoms with van der Waals surface area (Å²) in [5.41, 5.74) is 2.94. The molecule has 0 saturated heterocycles. The molecule has 3 heterocycles. The molecule has 3 aromatic heterocycles. The van der Waals surface area contributed by atoms with Crippen molar-refractivity contribution in [1.29, 1.82) is 0 Å². The standard InChI is InChI=1S/C17H13N5O2S2/c1-10-2-4-11(5-3-10)19-17-20-13(9-26-17)14-8-12(22-24-14)15(23)21-16-18-6-7-25-16/h2-9H,1H3,(H,19,20)(H,18,21,23). The summed E-state index contributed by atoms with van der Waals surface area (Å²) >= 11 is 2.78. The third-order valence-electron chi connectivity index (χ3n) is 3.46. The highest BCUT2D eigenvalue weighted by molar-refractivity contribution is 7.14. The first-order valence-electron chi connectivity index (χ1n) is 7.64. The number of anilines is 3. The van der Waals surface area contributed by atoms with Gasteiger partial charge in [0.15, 0.2) is 21.7 Å². The first-order chi connectivity index (χ1) is 12.7. The number of nitrogens with zero attached hydrogens (tertiary/aromatic N) is 3. The number of aromatic nitrogens is 3. The van der Waals surface area contributed by atoms with Gasteiger partial charge in [0.1, 0.15) is 5.69 Å². The van der Waals surface area contributed by atoms with Gasteiger partial charge in [0.2, 0.25) is 0 Å². The topological polar surface area (TPSA) is 92.9 Å². The maximum atomic E-state index is 12.1. The summed E-state index contributed by atoms with van der Waals surface area (Å²) in [4.78, 5) is 20.6. The van der Waals surface area contributed by atoms with Crippen molar-refractivity contribution < 1.29 is 9.32 Å². The summed E-state index contributed by atoms with van der Waals surface area (Å²) in [6.07, 6.45) is 1.62. The van der Waals surface area contributed by atoms with Gasteiger partial charge in [-0.05, 0) is 19.1 Å². The minimum atomic E-state index is -0.372. The van der Waals surface area contributed by atoms with E-state index in [-0.39, 0.29) is 11.6 Å². The number of aryl methyl sites for hydroxylation is 1. The lowest BCUT2D eigenvalue weighted by Gasteiger charge is -2.01. The van der Waals surface area contributed by atoms with E-state index in [9.17, 15) is 4.79 Å².